The standard InChI is InChI=1S/C7H16N2O3/c1-8-5(11-3)6(12-4)9(2)7(8)10/h5-7,10H,1-4H3. The van der Waals surface area contributed by atoms with Gasteiger partial charge in [0.1, 0.15) is 0 Å². The summed E-state index contributed by atoms with van der Waals surface area (Å²) in [6.07, 6.45) is -1.06. The number of aliphatic hydroxyl groups excluding tert-OH is 1. The van der Waals surface area contributed by atoms with E-state index in [9.17, 15) is 5.11 Å². The first-order valence-electron chi connectivity index (χ1n) is 3.81. The maximum Gasteiger partial charge on any atom is 0.169 e. The third kappa shape index (κ3) is 1.34. The number of hydrogen-bond acceptors (Lipinski definition) is 5. The van der Waals surface area contributed by atoms with Gasteiger partial charge in [0.2, 0.25) is 0 Å². The third-order valence-corrected chi connectivity index (χ3v) is 2.26. The van der Waals surface area contributed by atoms with Gasteiger partial charge in [-0.05, 0) is 14.1 Å². The molecule has 1 aliphatic rings. The Morgan fingerprint density at radius 3 is 1.58 bits per heavy atom. The Bertz CT molecular complexity index is 140. The molecule has 0 aromatic carbocycles. The molecule has 5 heteroatoms. The summed E-state index contributed by atoms with van der Waals surface area (Å²) in [7, 11) is 6.76. The third-order valence-electron chi connectivity index (χ3n) is 2.26. The van der Waals surface area contributed by atoms with Crippen molar-refractivity contribution in [1.29, 1.82) is 0 Å². The smallest absolute Gasteiger partial charge is 0.169 e. The maximum atomic E-state index is 9.56. The average Bonchev–Trinajstić information content (AvgIpc) is 2.29. The van der Waals surface area contributed by atoms with E-state index in [1.807, 2.05) is 0 Å². The van der Waals surface area contributed by atoms with Crippen LogP contribution in [-0.4, -0.2) is 62.0 Å². The van der Waals surface area contributed by atoms with Gasteiger partial charge in [0.15, 0.2) is 18.8 Å². The van der Waals surface area contributed by atoms with E-state index in [0.717, 1.165) is 0 Å². The highest BCUT2D eigenvalue weighted by molar-refractivity contribution is 4.79. The van der Waals surface area contributed by atoms with Crippen LogP contribution in [0.2, 0.25) is 0 Å². The largest absolute Gasteiger partial charge is 0.365 e. The molecule has 0 amide bonds. The number of nitrogens with zero attached hydrogens (tertiary/aromatic N) is 2. The maximum absolute atomic E-state index is 9.56. The molecule has 1 N–H and O–H groups in total. The van der Waals surface area contributed by atoms with Crippen LogP contribution < -0.4 is 0 Å². The Hall–Kier alpha value is -0.200. The van der Waals surface area contributed by atoms with Crippen molar-refractivity contribution in [2.24, 2.45) is 0 Å². The molecule has 1 aliphatic heterocycles. The van der Waals surface area contributed by atoms with E-state index < -0.39 is 6.35 Å². The second kappa shape index (κ2) is 3.68. The van der Waals surface area contributed by atoms with Crippen LogP contribution in [-0.2, 0) is 9.47 Å². The molecule has 12 heavy (non-hydrogen) atoms. The zero-order valence-corrected chi connectivity index (χ0v) is 7.89. The van der Waals surface area contributed by atoms with Crippen molar-refractivity contribution >= 4 is 0 Å². The highest BCUT2D eigenvalue weighted by Gasteiger charge is 2.42. The minimum atomic E-state index is -0.639. The van der Waals surface area contributed by atoms with Crippen LogP contribution in [0.25, 0.3) is 0 Å². The number of hydrogen-bond donors (Lipinski definition) is 1. The van der Waals surface area contributed by atoms with Crippen molar-refractivity contribution in [2.75, 3.05) is 28.3 Å². The van der Waals surface area contributed by atoms with Crippen molar-refractivity contribution < 1.29 is 14.6 Å². The van der Waals surface area contributed by atoms with Crippen LogP contribution >= 0.6 is 0 Å². The minimum Gasteiger partial charge on any atom is -0.365 e. The molecule has 1 fully saturated rings. The quantitative estimate of drug-likeness (QED) is 0.590. The predicted octanol–water partition coefficient (Wildman–Crippen LogP) is -0.915. The molecule has 2 unspecified atom stereocenters. The van der Waals surface area contributed by atoms with Crippen molar-refractivity contribution in [3.8, 4) is 0 Å². The SMILES string of the molecule is COC1C(OC)N(C)C(O)N1C. The van der Waals surface area contributed by atoms with Gasteiger partial charge >= 0.3 is 0 Å². The Labute approximate surface area is 72.5 Å². The normalized spacial score (nSPS) is 39.2. The lowest BCUT2D eigenvalue weighted by Crippen LogP contribution is -2.37. The number of methoxy groups -OCH3 is 2. The minimum absolute atomic E-state index is 0.213. The van der Waals surface area contributed by atoms with E-state index in [1.54, 1.807) is 38.1 Å². The van der Waals surface area contributed by atoms with Crippen LogP contribution in [0.1, 0.15) is 0 Å². The van der Waals surface area contributed by atoms with Crippen molar-refractivity contribution in [3.05, 3.63) is 0 Å². The molecule has 0 bridgehead atoms. The summed E-state index contributed by atoms with van der Waals surface area (Å²) in [5.41, 5.74) is 0. The summed E-state index contributed by atoms with van der Waals surface area (Å²) in [5, 5.41) is 9.56. The lowest BCUT2D eigenvalue weighted by atomic mass is 10.5. The van der Waals surface area contributed by atoms with E-state index in [1.165, 1.54) is 0 Å². The molecular weight excluding hydrogens is 160 g/mol. The van der Waals surface area contributed by atoms with Crippen LogP contribution in [0.15, 0.2) is 0 Å². The fourth-order valence-corrected chi connectivity index (χ4v) is 1.52. The average molecular weight is 176 g/mol. The molecule has 0 radical (unpaired) electrons. The predicted molar refractivity (Wildman–Crippen MR) is 43.1 cm³/mol. The molecular formula is C7H16N2O3. The molecule has 1 heterocycles. The number of aliphatic hydroxyl groups is 1. The van der Waals surface area contributed by atoms with E-state index >= 15 is 0 Å². The summed E-state index contributed by atoms with van der Waals surface area (Å²) in [5.74, 6) is 0. The Morgan fingerprint density at radius 2 is 1.33 bits per heavy atom. The molecule has 0 saturated carbocycles. The van der Waals surface area contributed by atoms with Crippen LogP contribution in [0, 0.1) is 0 Å². The van der Waals surface area contributed by atoms with Gasteiger partial charge in [-0.25, -0.2) is 9.80 Å². The Kier molecular flexibility index (Phi) is 3.03. The van der Waals surface area contributed by atoms with E-state index in [0.29, 0.717) is 0 Å². The van der Waals surface area contributed by atoms with Crippen LogP contribution in [0.3, 0.4) is 0 Å². The highest BCUT2D eigenvalue weighted by atomic mass is 16.6. The van der Waals surface area contributed by atoms with Gasteiger partial charge in [0, 0.05) is 14.2 Å². The zero-order valence-electron chi connectivity index (χ0n) is 7.89. The summed E-state index contributed by atoms with van der Waals surface area (Å²) in [4.78, 5) is 3.41. The summed E-state index contributed by atoms with van der Waals surface area (Å²) in [6, 6.07) is 0. The molecule has 1 rings (SSSR count). The molecule has 0 spiro atoms. The molecule has 0 aromatic rings. The monoisotopic (exact) mass is 176 g/mol. The Balaban J connectivity index is 2.72. The van der Waals surface area contributed by atoms with E-state index in [2.05, 4.69) is 0 Å². The van der Waals surface area contributed by atoms with Gasteiger partial charge in [0.25, 0.3) is 0 Å². The molecule has 1 saturated heterocycles. The summed E-state index contributed by atoms with van der Waals surface area (Å²) < 4.78 is 10.3. The summed E-state index contributed by atoms with van der Waals surface area (Å²) in [6.45, 7) is 0. The van der Waals surface area contributed by atoms with Crippen molar-refractivity contribution in [3.63, 3.8) is 0 Å². The van der Waals surface area contributed by atoms with E-state index in [-0.39, 0.29) is 12.5 Å². The van der Waals surface area contributed by atoms with Crippen LogP contribution in [0.4, 0.5) is 0 Å². The lowest BCUT2D eigenvalue weighted by Gasteiger charge is -2.21. The topological polar surface area (TPSA) is 45.2 Å². The van der Waals surface area contributed by atoms with E-state index in [4.69, 9.17) is 9.47 Å². The van der Waals surface area contributed by atoms with Gasteiger partial charge in [0.05, 0.1) is 0 Å². The molecule has 2 atom stereocenters. The number of rotatable bonds is 2. The first-order chi connectivity index (χ1) is 5.63. The van der Waals surface area contributed by atoms with Crippen molar-refractivity contribution in [2.45, 2.75) is 18.8 Å². The Morgan fingerprint density at radius 1 is 1.00 bits per heavy atom. The lowest BCUT2D eigenvalue weighted by molar-refractivity contribution is -0.0980. The van der Waals surface area contributed by atoms with Crippen LogP contribution in [0.5, 0.6) is 0 Å². The zero-order chi connectivity index (χ0) is 9.30. The van der Waals surface area contributed by atoms with Gasteiger partial charge in [-0.1, -0.05) is 0 Å². The first-order valence-corrected chi connectivity index (χ1v) is 3.81. The fraction of sp³-hybridized carbons (Fsp3) is 1.00. The second-order valence-corrected chi connectivity index (χ2v) is 2.93. The van der Waals surface area contributed by atoms with Gasteiger partial charge in [-0.3, -0.25) is 0 Å². The van der Waals surface area contributed by atoms with Gasteiger partial charge < -0.3 is 14.6 Å². The summed E-state index contributed by atoms with van der Waals surface area (Å²) >= 11 is 0. The fourth-order valence-electron chi connectivity index (χ4n) is 1.52. The molecule has 5 nitrogen and oxygen atoms in total. The van der Waals surface area contributed by atoms with Crippen molar-refractivity contribution in [1.82, 2.24) is 9.80 Å². The number of ether oxygens (including phenoxy) is 2. The van der Waals surface area contributed by atoms with Gasteiger partial charge in [-0.15, -0.1) is 0 Å². The van der Waals surface area contributed by atoms with Gasteiger partial charge in [-0.2, -0.15) is 0 Å². The molecule has 72 valence electrons. The molecule has 0 aliphatic carbocycles. The highest BCUT2D eigenvalue weighted by Crippen LogP contribution is 2.22. The molecule has 0 aromatic heterocycles. The number of likely N-dealkylation sites (N-methyl/N-ethyl adjacent to an activating group) is 2. The second-order valence-electron chi connectivity index (χ2n) is 2.93. The first kappa shape index (κ1) is 9.88.